The molecule has 5 heteroatoms. The number of hydrogen-bond acceptors (Lipinski definition) is 4. The van der Waals surface area contributed by atoms with Gasteiger partial charge in [0.15, 0.2) is 11.5 Å². The van der Waals surface area contributed by atoms with E-state index in [0.29, 0.717) is 23.8 Å². The second kappa shape index (κ2) is 6.43. The minimum Gasteiger partial charge on any atom is -0.493 e. The van der Waals surface area contributed by atoms with Crippen LogP contribution in [0, 0.1) is 13.8 Å². The zero-order valence-corrected chi connectivity index (χ0v) is 13.2. The first-order chi connectivity index (χ1) is 10.1. The van der Waals surface area contributed by atoms with Gasteiger partial charge >= 0.3 is 0 Å². The third-order valence-corrected chi connectivity index (χ3v) is 3.48. The van der Waals surface area contributed by atoms with Gasteiger partial charge in [0, 0.05) is 17.0 Å². The summed E-state index contributed by atoms with van der Waals surface area (Å²) in [4.78, 5) is 0. The summed E-state index contributed by atoms with van der Waals surface area (Å²) in [6.45, 7) is 4.75. The fourth-order valence-electron chi connectivity index (χ4n) is 2.38. The third kappa shape index (κ3) is 2.91. The van der Waals surface area contributed by atoms with Crippen LogP contribution in [0.2, 0.25) is 0 Å². The first kappa shape index (κ1) is 15.1. The number of rotatable bonds is 6. The van der Waals surface area contributed by atoms with Crippen LogP contribution in [0.4, 0.5) is 0 Å². The predicted molar refractivity (Wildman–Crippen MR) is 83.1 cm³/mol. The largest absolute Gasteiger partial charge is 0.493 e. The maximum Gasteiger partial charge on any atom is 0.203 e. The lowest BCUT2D eigenvalue weighted by molar-refractivity contribution is 0.322. The van der Waals surface area contributed by atoms with Crippen LogP contribution in [0.25, 0.3) is 0 Å². The van der Waals surface area contributed by atoms with Gasteiger partial charge in [-0.15, -0.1) is 0 Å². The molecule has 0 atom stereocenters. The second-order valence-corrected chi connectivity index (χ2v) is 4.78. The first-order valence-corrected chi connectivity index (χ1v) is 6.79. The molecule has 0 saturated heterocycles. The van der Waals surface area contributed by atoms with Gasteiger partial charge in [-0.25, -0.2) is 0 Å². The van der Waals surface area contributed by atoms with E-state index < -0.39 is 0 Å². The predicted octanol–water partition coefficient (Wildman–Crippen LogP) is 2.87. The van der Waals surface area contributed by atoms with Crippen LogP contribution in [0.5, 0.6) is 17.2 Å². The number of methoxy groups -OCH3 is 3. The van der Waals surface area contributed by atoms with Crippen molar-refractivity contribution in [3.05, 3.63) is 41.2 Å². The van der Waals surface area contributed by atoms with Crippen molar-refractivity contribution in [1.29, 1.82) is 0 Å². The van der Waals surface area contributed by atoms with Crippen molar-refractivity contribution in [3.63, 3.8) is 0 Å². The highest BCUT2D eigenvalue weighted by atomic mass is 16.5. The molecule has 0 aliphatic rings. The summed E-state index contributed by atoms with van der Waals surface area (Å²) in [7, 11) is 4.85. The highest BCUT2D eigenvalue weighted by molar-refractivity contribution is 5.56. The lowest BCUT2D eigenvalue weighted by Gasteiger charge is -2.18. The molecule has 2 aromatic rings. The number of benzene rings is 1. The Hall–Kier alpha value is -2.30. The second-order valence-electron chi connectivity index (χ2n) is 4.78. The number of ether oxygens (including phenoxy) is 3. The molecule has 0 spiro atoms. The Morgan fingerprint density at radius 3 is 2.00 bits per heavy atom. The van der Waals surface area contributed by atoms with Gasteiger partial charge < -0.3 is 19.6 Å². The Morgan fingerprint density at radius 1 is 0.857 bits per heavy atom. The van der Waals surface area contributed by atoms with E-state index >= 15 is 0 Å². The van der Waals surface area contributed by atoms with Gasteiger partial charge in [-0.3, -0.25) is 4.68 Å². The number of aryl methyl sites for hydroxylation is 2. The van der Waals surface area contributed by atoms with Crippen LogP contribution in [0.1, 0.15) is 17.0 Å². The fourth-order valence-corrected chi connectivity index (χ4v) is 2.38. The Bertz CT molecular complexity index is 601. The monoisotopic (exact) mass is 290 g/mol. The van der Waals surface area contributed by atoms with Crippen LogP contribution in [-0.2, 0) is 6.54 Å². The van der Waals surface area contributed by atoms with Crippen LogP contribution in [0.3, 0.4) is 0 Å². The Morgan fingerprint density at radius 2 is 1.48 bits per heavy atom. The van der Waals surface area contributed by atoms with Gasteiger partial charge in [0.2, 0.25) is 5.75 Å². The van der Waals surface area contributed by atoms with Crippen molar-refractivity contribution in [2.75, 3.05) is 26.8 Å². The summed E-state index contributed by atoms with van der Waals surface area (Å²) in [5.41, 5.74) is 6.70. The molecule has 1 aromatic heterocycles. The highest BCUT2D eigenvalue weighted by Gasteiger charge is 2.15. The molecule has 0 saturated carbocycles. The van der Waals surface area contributed by atoms with Crippen molar-refractivity contribution < 1.29 is 14.2 Å². The van der Waals surface area contributed by atoms with Crippen molar-refractivity contribution in [1.82, 2.24) is 4.68 Å². The molecule has 2 rings (SSSR count). The lowest BCUT2D eigenvalue weighted by Crippen LogP contribution is -2.17. The summed E-state index contributed by atoms with van der Waals surface area (Å²) in [6, 6.07) is 8.01. The first-order valence-electron chi connectivity index (χ1n) is 6.79. The standard InChI is InChI=1S/C16H22N2O3/c1-11-6-7-12(2)18(11)17-10-13-8-9-14(19-3)16(21-5)15(13)20-4/h6-9,17H,10H2,1-5H3. The summed E-state index contributed by atoms with van der Waals surface area (Å²) in [6.07, 6.45) is 0. The molecule has 0 aliphatic carbocycles. The van der Waals surface area contributed by atoms with Crippen molar-refractivity contribution in [3.8, 4) is 17.2 Å². The minimum atomic E-state index is 0.611. The maximum absolute atomic E-state index is 5.49. The molecule has 0 unspecified atom stereocenters. The van der Waals surface area contributed by atoms with Crippen molar-refractivity contribution >= 4 is 0 Å². The molecular formula is C16H22N2O3. The van der Waals surface area contributed by atoms with Gasteiger partial charge in [0.25, 0.3) is 0 Å². The van der Waals surface area contributed by atoms with Crippen LogP contribution in [-0.4, -0.2) is 26.0 Å². The average molecular weight is 290 g/mol. The van der Waals surface area contributed by atoms with Crippen LogP contribution < -0.4 is 19.6 Å². The van der Waals surface area contributed by atoms with Gasteiger partial charge in [-0.1, -0.05) is 0 Å². The molecular weight excluding hydrogens is 268 g/mol. The maximum atomic E-state index is 5.49. The molecule has 1 heterocycles. The van der Waals surface area contributed by atoms with E-state index in [1.807, 2.05) is 12.1 Å². The average Bonchev–Trinajstić information content (AvgIpc) is 2.82. The van der Waals surface area contributed by atoms with E-state index in [0.717, 1.165) is 17.0 Å². The van der Waals surface area contributed by atoms with Gasteiger partial charge in [0.05, 0.1) is 27.9 Å². The molecule has 0 fully saturated rings. The molecule has 0 radical (unpaired) electrons. The minimum absolute atomic E-state index is 0.611. The quantitative estimate of drug-likeness (QED) is 0.888. The molecule has 0 bridgehead atoms. The summed E-state index contributed by atoms with van der Waals surface area (Å²) >= 11 is 0. The van der Waals surface area contributed by atoms with Crippen LogP contribution in [0.15, 0.2) is 24.3 Å². The molecule has 1 N–H and O–H groups in total. The molecule has 0 aliphatic heterocycles. The summed E-state index contributed by atoms with van der Waals surface area (Å²) in [5, 5.41) is 0. The van der Waals surface area contributed by atoms with E-state index in [1.54, 1.807) is 21.3 Å². The zero-order chi connectivity index (χ0) is 15.4. The van der Waals surface area contributed by atoms with E-state index in [9.17, 15) is 0 Å². The molecule has 114 valence electrons. The number of nitrogens with one attached hydrogen (secondary N) is 1. The van der Waals surface area contributed by atoms with Crippen molar-refractivity contribution in [2.45, 2.75) is 20.4 Å². The van der Waals surface area contributed by atoms with E-state index in [4.69, 9.17) is 14.2 Å². The zero-order valence-electron chi connectivity index (χ0n) is 13.2. The van der Waals surface area contributed by atoms with E-state index in [2.05, 4.69) is 36.1 Å². The van der Waals surface area contributed by atoms with E-state index in [1.165, 1.54) is 0 Å². The third-order valence-electron chi connectivity index (χ3n) is 3.48. The Kier molecular flexibility index (Phi) is 4.62. The van der Waals surface area contributed by atoms with Crippen LogP contribution >= 0.6 is 0 Å². The normalized spacial score (nSPS) is 10.3. The smallest absolute Gasteiger partial charge is 0.203 e. The van der Waals surface area contributed by atoms with Gasteiger partial charge in [-0.05, 0) is 38.1 Å². The number of hydrogen-bond donors (Lipinski definition) is 1. The lowest BCUT2D eigenvalue weighted by atomic mass is 10.1. The highest BCUT2D eigenvalue weighted by Crippen LogP contribution is 2.39. The van der Waals surface area contributed by atoms with Gasteiger partial charge in [0.1, 0.15) is 0 Å². The Balaban J connectivity index is 2.28. The molecule has 5 nitrogen and oxygen atoms in total. The van der Waals surface area contributed by atoms with Crippen molar-refractivity contribution in [2.24, 2.45) is 0 Å². The topological polar surface area (TPSA) is 44.7 Å². The Labute approximate surface area is 125 Å². The number of aromatic nitrogens is 1. The molecule has 21 heavy (non-hydrogen) atoms. The summed E-state index contributed by atoms with van der Waals surface area (Å²) in [5.74, 6) is 1.96. The molecule has 1 aromatic carbocycles. The summed E-state index contributed by atoms with van der Waals surface area (Å²) < 4.78 is 18.2. The molecule has 0 amide bonds. The van der Waals surface area contributed by atoms with E-state index in [-0.39, 0.29) is 0 Å². The fraction of sp³-hybridized carbons (Fsp3) is 0.375. The SMILES string of the molecule is COc1ccc(CNn2c(C)ccc2C)c(OC)c1OC. The van der Waals surface area contributed by atoms with Gasteiger partial charge in [-0.2, -0.15) is 0 Å². The number of nitrogens with zero attached hydrogens (tertiary/aromatic N) is 1.